The zero-order valence-corrected chi connectivity index (χ0v) is 10.7. The molecule has 0 radical (unpaired) electrons. The number of hydrogen-bond donors (Lipinski definition) is 2. The van der Waals surface area contributed by atoms with Crippen molar-refractivity contribution in [2.45, 2.75) is 12.3 Å². The maximum atomic E-state index is 4.55. The third-order valence-electron chi connectivity index (χ3n) is 3.34. The average Bonchev–Trinajstić information content (AvgIpc) is 2.96. The van der Waals surface area contributed by atoms with Gasteiger partial charge < -0.3 is 0 Å². The van der Waals surface area contributed by atoms with Gasteiger partial charge >= 0.3 is 0 Å². The molecule has 0 amide bonds. The van der Waals surface area contributed by atoms with Crippen LogP contribution in [0.2, 0.25) is 0 Å². The number of nitrogens with one attached hydrogen (secondary N) is 2. The molecule has 96 valence electrons. The van der Waals surface area contributed by atoms with Gasteiger partial charge in [0.15, 0.2) is 0 Å². The monoisotopic (exact) mass is 251 g/mol. The van der Waals surface area contributed by atoms with E-state index in [-0.39, 0.29) is 0 Å². The minimum Gasteiger partial charge on any atom is -0.300 e. The predicted octanol–water partition coefficient (Wildman–Crippen LogP) is 3.19. The first-order chi connectivity index (χ1) is 9.42. The molecule has 1 aliphatic heterocycles. The second-order valence-electron chi connectivity index (χ2n) is 4.72. The lowest BCUT2D eigenvalue weighted by Crippen LogP contribution is -2.28. The maximum Gasteiger partial charge on any atom is 0.115 e. The quantitative estimate of drug-likeness (QED) is 0.822. The number of nitrogens with zero attached hydrogens (tertiary/aromatic N) is 1. The molecule has 2 aromatic rings. The van der Waals surface area contributed by atoms with Gasteiger partial charge in [-0.15, -0.1) is 0 Å². The van der Waals surface area contributed by atoms with Crippen LogP contribution < -0.4 is 10.9 Å². The highest BCUT2D eigenvalue weighted by atomic mass is 15.4. The Morgan fingerprint density at radius 2 is 1.53 bits per heavy atom. The third-order valence-corrected chi connectivity index (χ3v) is 3.34. The Morgan fingerprint density at radius 1 is 0.842 bits per heavy atom. The van der Waals surface area contributed by atoms with Gasteiger partial charge in [0.25, 0.3) is 0 Å². The van der Waals surface area contributed by atoms with Crippen molar-refractivity contribution in [1.82, 2.24) is 5.43 Å². The van der Waals surface area contributed by atoms with E-state index >= 15 is 0 Å². The molecular weight excluding hydrogens is 234 g/mol. The van der Waals surface area contributed by atoms with Crippen LogP contribution in [-0.2, 0) is 0 Å². The topological polar surface area (TPSA) is 36.4 Å². The summed E-state index contributed by atoms with van der Waals surface area (Å²) in [5, 5.41) is 0. The molecule has 1 aliphatic rings. The zero-order chi connectivity index (χ0) is 12.9. The van der Waals surface area contributed by atoms with Gasteiger partial charge in [0.1, 0.15) is 5.84 Å². The van der Waals surface area contributed by atoms with E-state index in [1.54, 1.807) is 0 Å². The Kier molecular flexibility index (Phi) is 3.45. The van der Waals surface area contributed by atoms with E-state index in [4.69, 9.17) is 0 Å². The summed E-state index contributed by atoms with van der Waals surface area (Å²) in [5.41, 5.74) is 8.79. The summed E-state index contributed by atoms with van der Waals surface area (Å²) in [7, 11) is 0. The normalized spacial score (nSPS) is 17.9. The number of hydrogen-bond acceptors (Lipinski definition) is 3. The summed E-state index contributed by atoms with van der Waals surface area (Å²) in [4.78, 5) is 4.55. The van der Waals surface area contributed by atoms with Crippen molar-refractivity contribution in [3.05, 3.63) is 66.2 Å². The van der Waals surface area contributed by atoms with Crippen molar-refractivity contribution in [1.29, 1.82) is 0 Å². The molecule has 2 N–H and O–H groups in total. The molecule has 0 aliphatic carbocycles. The van der Waals surface area contributed by atoms with Gasteiger partial charge in [-0.25, -0.2) is 0 Å². The molecule has 0 fully saturated rings. The van der Waals surface area contributed by atoms with Crippen molar-refractivity contribution in [2.24, 2.45) is 4.99 Å². The third kappa shape index (κ3) is 2.94. The van der Waals surface area contributed by atoms with Gasteiger partial charge in [-0.1, -0.05) is 48.5 Å². The second-order valence-corrected chi connectivity index (χ2v) is 4.72. The first-order valence-electron chi connectivity index (χ1n) is 6.57. The Bertz CT molecular complexity index is 549. The van der Waals surface area contributed by atoms with Crippen LogP contribution >= 0.6 is 0 Å². The summed E-state index contributed by atoms with van der Waals surface area (Å²) in [6.45, 7) is 0.864. The summed E-state index contributed by atoms with van der Waals surface area (Å²) in [5.74, 6) is 1.53. The van der Waals surface area contributed by atoms with Crippen LogP contribution in [-0.4, -0.2) is 12.4 Å². The lowest BCUT2D eigenvalue weighted by Gasteiger charge is -2.11. The number of rotatable bonds is 3. The number of amidine groups is 1. The van der Waals surface area contributed by atoms with E-state index in [0.29, 0.717) is 5.92 Å². The van der Waals surface area contributed by atoms with Crippen LogP contribution in [0.3, 0.4) is 0 Å². The Hall–Kier alpha value is -2.29. The Balaban J connectivity index is 1.55. The summed E-state index contributed by atoms with van der Waals surface area (Å²) < 4.78 is 0. The van der Waals surface area contributed by atoms with E-state index in [1.165, 1.54) is 5.56 Å². The average molecular weight is 251 g/mol. The smallest absolute Gasteiger partial charge is 0.115 e. The number of anilines is 1. The first-order valence-corrected chi connectivity index (χ1v) is 6.57. The zero-order valence-electron chi connectivity index (χ0n) is 10.7. The first kappa shape index (κ1) is 11.8. The van der Waals surface area contributed by atoms with Crippen LogP contribution in [0, 0.1) is 0 Å². The highest BCUT2D eigenvalue weighted by Gasteiger charge is 2.19. The standard InChI is InChI=1S/C16H17N3/c1-3-7-13(8-4-1)14-11-16(17-12-14)19-18-15-9-5-2-6-10-15/h1-10,14,18H,11-12H2,(H,17,19). The fourth-order valence-corrected chi connectivity index (χ4v) is 2.29. The molecule has 19 heavy (non-hydrogen) atoms. The van der Waals surface area contributed by atoms with Gasteiger partial charge in [-0.3, -0.25) is 15.8 Å². The lowest BCUT2D eigenvalue weighted by atomic mass is 9.98. The molecule has 0 spiro atoms. The Labute approximate surface area is 113 Å². The molecule has 0 bridgehead atoms. The van der Waals surface area contributed by atoms with Crippen LogP contribution in [0.15, 0.2) is 65.7 Å². The largest absolute Gasteiger partial charge is 0.300 e. The molecule has 3 rings (SSSR count). The van der Waals surface area contributed by atoms with Gasteiger partial charge in [-0.05, 0) is 17.7 Å². The van der Waals surface area contributed by atoms with Gasteiger partial charge in [0, 0.05) is 18.9 Å². The highest BCUT2D eigenvalue weighted by molar-refractivity contribution is 5.85. The van der Waals surface area contributed by atoms with E-state index in [9.17, 15) is 0 Å². The van der Waals surface area contributed by atoms with E-state index < -0.39 is 0 Å². The molecule has 0 aromatic heterocycles. The second kappa shape index (κ2) is 5.57. The van der Waals surface area contributed by atoms with E-state index in [2.05, 4.69) is 46.2 Å². The fraction of sp³-hybridized carbons (Fsp3) is 0.188. The molecule has 1 heterocycles. The van der Waals surface area contributed by atoms with Crippen LogP contribution in [0.5, 0.6) is 0 Å². The molecule has 3 nitrogen and oxygen atoms in total. The molecule has 1 unspecified atom stereocenters. The van der Waals surface area contributed by atoms with E-state index in [1.807, 2.05) is 30.3 Å². The molecule has 0 saturated carbocycles. The SMILES string of the molecule is c1ccc(NNC2=NCC(c3ccccc3)C2)cc1. The van der Waals surface area contributed by atoms with Crippen molar-refractivity contribution >= 4 is 11.5 Å². The van der Waals surface area contributed by atoms with Gasteiger partial charge in [-0.2, -0.15) is 0 Å². The molecular formula is C16H17N3. The molecule has 0 saturated heterocycles. The number of para-hydroxylation sites is 1. The van der Waals surface area contributed by atoms with Crippen LogP contribution in [0.25, 0.3) is 0 Å². The summed E-state index contributed by atoms with van der Waals surface area (Å²) in [6, 6.07) is 20.6. The van der Waals surface area contributed by atoms with Crippen molar-refractivity contribution < 1.29 is 0 Å². The fourth-order valence-electron chi connectivity index (χ4n) is 2.29. The van der Waals surface area contributed by atoms with Crippen molar-refractivity contribution in [3.8, 4) is 0 Å². The van der Waals surface area contributed by atoms with Gasteiger partial charge in [0.05, 0.1) is 5.69 Å². The molecule has 3 heteroatoms. The summed E-state index contributed by atoms with van der Waals surface area (Å²) in [6.07, 6.45) is 0.962. The van der Waals surface area contributed by atoms with Crippen LogP contribution in [0.4, 0.5) is 5.69 Å². The van der Waals surface area contributed by atoms with Gasteiger partial charge in [0.2, 0.25) is 0 Å². The summed E-state index contributed by atoms with van der Waals surface area (Å²) >= 11 is 0. The Morgan fingerprint density at radius 3 is 2.26 bits per heavy atom. The lowest BCUT2D eigenvalue weighted by molar-refractivity contribution is 0.775. The molecule has 2 aromatic carbocycles. The predicted molar refractivity (Wildman–Crippen MR) is 79.3 cm³/mol. The minimum atomic E-state index is 0.501. The van der Waals surface area contributed by atoms with E-state index in [0.717, 1.165) is 24.5 Å². The minimum absolute atomic E-state index is 0.501. The number of hydrazine groups is 1. The number of benzene rings is 2. The van der Waals surface area contributed by atoms with Crippen molar-refractivity contribution in [2.75, 3.05) is 12.0 Å². The van der Waals surface area contributed by atoms with Crippen LogP contribution in [0.1, 0.15) is 17.9 Å². The maximum absolute atomic E-state index is 4.55. The van der Waals surface area contributed by atoms with Crippen molar-refractivity contribution in [3.63, 3.8) is 0 Å². The molecule has 1 atom stereocenters. The number of aliphatic imine (C=N–C) groups is 1. The highest BCUT2D eigenvalue weighted by Crippen LogP contribution is 2.24.